The number of carbonyl (C=O) groups excluding carboxylic acids is 1. The molecular formula is C24H30N2O3S. The van der Waals surface area contributed by atoms with Crippen LogP contribution < -0.4 is 4.72 Å². The predicted molar refractivity (Wildman–Crippen MR) is 119 cm³/mol. The third-order valence-corrected chi connectivity index (χ3v) is 8.22. The number of hydrogen-bond donors (Lipinski definition) is 1. The van der Waals surface area contributed by atoms with Crippen molar-refractivity contribution < 1.29 is 13.2 Å². The van der Waals surface area contributed by atoms with Crippen molar-refractivity contribution in [2.24, 2.45) is 11.8 Å². The molecule has 0 spiro atoms. The molecule has 1 saturated heterocycles. The highest BCUT2D eigenvalue weighted by atomic mass is 32.2. The smallest absolute Gasteiger partial charge is 0.261 e. The van der Waals surface area contributed by atoms with Crippen molar-refractivity contribution in [2.75, 3.05) is 17.8 Å². The second-order valence-electron chi connectivity index (χ2n) is 8.72. The molecule has 1 amide bonds. The molecule has 2 atom stereocenters. The summed E-state index contributed by atoms with van der Waals surface area (Å²) in [5, 5.41) is 0. The first-order valence-electron chi connectivity index (χ1n) is 10.8. The molecule has 2 aliphatic rings. The number of carbonyl (C=O) groups is 1. The van der Waals surface area contributed by atoms with Crippen molar-refractivity contribution in [3.8, 4) is 0 Å². The van der Waals surface area contributed by atoms with Gasteiger partial charge in [0.15, 0.2) is 0 Å². The number of nitrogens with one attached hydrogen (secondary N) is 1. The summed E-state index contributed by atoms with van der Waals surface area (Å²) in [6.45, 7) is 5.47. The third-order valence-electron chi connectivity index (χ3n) is 6.84. The fourth-order valence-corrected chi connectivity index (χ4v) is 5.93. The van der Waals surface area contributed by atoms with Gasteiger partial charge in [0.25, 0.3) is 15.9 Å². The molecule has 160 valence electrons. The zero-order chi connectivity index (χ0) is 21.3. The SMILES string of the molecule is Cc1cccc(NS(=O)(=O)c2ccc(C(=O)N3CC[C@@H]4CCCC[C@H]4C3)cc2)c1C. The van der Waals surface area contributed by atoms with Gasteiger partial charge in [-0.05, 0) is 80.0 Å². The number of piperidine rings is 1. The Morgan fingerprint density at radius 1 is 0.967 bits per heavy atom. The molecule has 0 bridgehead atoms. The van der Waals surface area contributed by atoms with Crippen LogP contribution in [0.25, 0.3) is 0 Å². The van der Waals surface area contributed by atoms with E-state index in [1.165, 1.54) is 37.8 Å². The highest BCUT2D eigenvalue weighted by molar-refractivity contribution is 7.92. The third kappa shape index (κ3) is 4.24. The van der Waals surface area contributed by atoms with Gasteiger partial charge in [-0.15, -0.1) is 0 Å². The van der Waals surface area contributed by atoms with E-state index < -0.39 is 10.0 Å². The number of nitrogens with zero attached hydrogens (tertiary/aromatic N) is 1. The van der Waals surface area contributed by atoms with Crippen LogP contribution in [0.1, 0.15) is 53.6 Å². The number of hydrogen-bond acceptors (Lipinski definition) is 3. The molecule has 30 heavy (non-hydrogen) atoms. The van der Waals surface area contributed by atoms with Gasteiger partial charge in [-0.25, -0.2) is 8.42 Å². The van der Waals surface area contributed by atoms with Crippen molar-refractivity contribution in [1.82, 2.24) is 4.90 Å². The van der Waals surface area contributed by atoms with E-state index in [1.807, 2.05) is 30.9 Å². The molecule has 5 nitrogen and oxygen atoms in total. The molecule has 1 aliphatic carbocycles. The van der Waals surface area contributed by atoms with Crippen LogP contribution in [0.3, 0.4) is 0 Å². The average molecular weight is 427 g/mol. The van der Waals surface area contributed by atoms with Gasteiger partial charge in [0.2, 0.25) is 0 Å². The summed E-state index contributed by atoms with van der Waals surface area (Å²) in [7, 11) is -3.71. The summed E-state index contributed by atoms with van der Waals surface area (Å²) < 4.78 is 28.3. The van der Waals surface area contributed by atoms with E-state index in [-0.39, 0.29) is 10.8 Å². The Morgan fingerprint density at radius 3 is 2.40 bits per heavy atom. The van der Waals surface area contributed by atoms with Crippen molar-refractivity contribution in [3.63, 3.8) is 0 Å². The van der Waals surface area contributed by atoms with Crippen LogP contribution in [0.15, 0.2) is 47.4 Å². The van der Waals surface area contributed by atoms with Crippen molar-refractivity contribution >= 4 is 21.6 Å². The van der Waals surface area contributed by atoms with Gasteiger partial charge < -0.3 is 4.90 Å². The first-order valence-corrected chi connectivity index (χ1v) is 12.3. The predicted octanol–water partition coefficient (Wildman–Crippen LogP) is 4.76. The summed E-state index contributed by atoms with van der Waals surface area (Å²) in [4.78, 5) is 15.1. The Hall–Kier alpha value is -2.34. The average Bonchev–Trinajstić information content (AvgIpc) is 2.76. The van der Waals surface area contributed by atoms with Gasteiger partial charge in [0, 0.05) is 18.7 Å². The van der Waals surface area contributed by atoms with Crippen LogP contribution in [0, 0.1) is 25.7 Å². The molecule has 1 heterocycles. The molecule has 0 aromatic heterocycles. The van der Waals surface area contributed by atoms with Crippen LogP contribution >= 0.6 is 0 Å². The van der Waals surface area contributed by atoms with Crippen LogP contribution in [0.2, 0.25) is 0 Å². The summed E-state index contributed by atoms with van der Waals surface area (Å²) >= 11 is 0. The van der Waals surface area contributed by atoms with Crippen molar-refractivity contribution in [3.05, 3.63) is 59.2 Å². The van der Waals surface area contributed by atoms with Crippen LogP contribution in [-0.4, -0.2) is 32.3 Å². The largest absolute Gasteiger partial charge is 0.338 e. The lowest BCUT2D eigenvalue weighted by Gasteiger charge is -2.41. The number of amides is 1. The lowest BCUT2D eigenvalue weighted by atomic mass is 9.75. The summed E-state index contributed by atoms with van der Waals surface area (Å²) in [6.07, 6.45) is 6.19. The monoisotopic (exact) mass is 426 g/mol. The van der Waals surface area contributed by atoms with E-state index in [1.54, 1.807) is 18.2 Å². The molecule has 0 unspecified atom stereocenters. The van der Waals surface area contributed by atoms with E-state index in [9.17, 15) is 13.2 Å². The topological polar surface area (TPSA) is 66.5 Å². The molecular weight excluding hydrogens is 396 g/mol. The standard InChI is InChI=1S/C24H30N2O3S/c1-17-6-5-9-23(18(17)2)25-30(28,29)22-12-10-20(11-13-22)24(27)26-15-14-19-7-3-4-8-21(19)16-26/h5-6,9-13,19,21,25H,3-4,7-8,14-16H2,1-2H3/t19-,21-/m0/s1. The lowest BCUT2D eigenvalue weighted by molar-refractivity contribution is 0.0521. The number of aryl methyl sites for hydroxylation is 1. The van der Waals surface area contributed by atoms with Crippen molar-refractivity contribution in [1.29, 1.82) is 0 Å². The summed E-state index contributed by atoms with van der Waals surface area (Å²) in [5.41, 5.74) is 3.05. The second-order valence-corrected chi connectivity index (χ2v) is 10.4. The molecule has 6 heteroatoms. The number of sulfonamides is 1. The quantitative estimate of drug-likeness (QED) is 0.767. The molecule has 2 aromatic rings. The highest BCUT2D eigenvalue weighted by Crippen LogP contribution is 2.36. The first kappa shape index (κ1) is 20.9. The van der Waals surface area contributed by atoms with Gasteiger partial charge >= 0.3 is 0 Å². The minimum atomic E-state index is -3.71. The number of likely N-dealkylation sites (tertiary alicyclic amines) is 1. The minimum Gasteiger partial charge on any atom is -0.338 e. The Bertz CT molecular complexity index is 1030. The Morgan fingerprint density at radius 2 is 1.67 bits per heavy atom. The van der Waals surface area contributed by atoms with Gasteiger partial charge in [0.1, 0.15) is 0 Å². The number of rotatable bonds is 4. The normalized spacial score (nSPS) is 21.7. The van der Waals surface area contributed by atoms with Crippen LogP contribution in [0.4, 0.5) is 5.69 Å². The maximum absolute atomic E-state index is 13.0. The highest BCUT2D eigenvalue weighted by Gasteiger charge is 2.33. The van der Waals surface area contributed by atoms with Gasteiger partial charge in [-0.3, -0.25) is 9.52 Å². The first-order chi connectivity index (χ1) is 14.3. The Balaban J connectivity index is 1.47. The van der Waals surface area contributed by atoms with Crippen LogP contribution in [0.5, 0.6) is 0 Å². The zero-order valence-corrected chi connectivity index (χ0v) is 18.5. The van der Waals surface area contributed by atoms with Gasteiger partial charge in [-0.1, -0.05) is 31.4 Å². The molecule has 4 rings (SSSR count). The number of benzene rings is 2. The molecule has 0 radical (unpaired) electrons. The van der Waals surface area contributed by atoms with Gasteiger partial charge in [-0.2, -0.15) is 0 Å². The van der Waals surface area contributed by atoms with E-state index in [0.717, 1.165) is 36.6 Å². The van der Waals surface area contributed by atoms with Crippen molar-refractivity contribution in [2.45, 2.75) is 50.8 Å². The summed E-state index contributed by atoms with van der Waals surface area (Å²) in [6, 6.07) is 11.8. The van der Waals surface area contributed by atoms with E-state index >= 15 is 0 Å². The van der Waals surface area contributed by atoms with E-state index in [4.69, 9.17) is 0 Å². The molecule has 1 saturated carbocycles. The maximum atomic E-state index is 13.0. The number of fused-ring (bicyclic) bond motifs is 1. The Labute approximate surface area is 179 Å². The number of anilines is 1. The fraction of sp³-hybridized carbons (Fsp3) is 0.458. The van der Waals surface area contributed by atoms with Crippen LogP contribution in [-0.2, 0) is 10.0 Å². The molecule has 1 aliphatic heterocycles. The van der Waals surface area contributed by atoms with Gasteiger partial charge in [0.05, 0.1) is 10.6 Å². The zero-order valence-electron chi connectivity index (χ0n) is 17.7. The minimum absolute atomic E-state index is 0.00505. The maximum Gasteiger partial charge on any atom is 0.261 e. The molecule has 2 fully saturated rings. The van der Waals surface area contributed by atoms with E-state index in [0.29, 0.717) is 17.2 Å². The molecule has 2 aromatic carbocycles. The summed E-state index contributed by atoms with van der Waals surface area (Å²) in [5.74, 6) is 1.40. The lowest BCUT2D eigenvalue weighted by Crippen LogP contribution is -2.44. The Kier molecular flexibility index (Phi) is 5.87. The second kappa shape index (κ2) is 8.42. The van der Waals surface area contributed by atoms with E-state index in [2.05, 4.69) is 4.72 Å². The fourth-order valence-electron chi connectivity index (χ4n) is 4.81. The molecule has 1 N–H and O–H groups in total.